The Morgan fingerprint density at radius 2 is 2.00 bits per heavy atom. The summed E-state index contributed by atoms with van der Waals surface area (Å²) in [5.74, 6) is -0.484. The van der Waals surface area contributed by atoms with E-state index >= 15 is 0 Å². The summed E-state index contributed by atoms with van der Waals surface area (Å²) in [6.45, 7) is 0. The van der Waals surface area contributed by atoms with Crippen LogP contribution in [0.4, 0.5) is 4.79 Å². The fourth-order valence-corrected chi connectivity index (χ4v) is 0.611. The number of esters is 1. The summed E-state index contributed by atoms with van der Waals surface area (Å²) in [5, 5.41) is 16.0. The lowest BCUT2D eigenvalue weighted by atomic mass is 10.3. The van der Waals surface area contributed by atoms with Gasteiger partial charge in [0.25, 0.3) is 0 Å². The number of carbonyl (C=O) groups is 2. The molecule has 0 radical (unpaired) electrons. The lowest BCUT2D eigenvalue weighted by Gasteiger charge is -1.96. The first-order valence-electron chi connectivity index (χ1n) is 3.69. The van der Waals surface area contributed by atoms with Crippen LogP contribution in [0.1, 0.15) is 10.5 Å². The first kappa shape index (κ1) is 12.7. The lowest BCUT2D eigenvalue weighted by Crippen LogP contribution is -2.03. The normalized spacial score (nSPS) is 8.33. The molecule has 0 bridgehead atoms. The Morgan fingerprint density at radius 3 is 2.33 bits per heavy atom. The molecule has 7 heteroatoms. The number of carbonyl (C=O) groups excluding carboxylic acids is 1. The summed E-state index contributed by atoms with van der Waals surface area (Å²) in [7, 11) is 1.27. The SMILES string of the molecule is COC(=O)c1ccc(O)cn1.NC(=O)O. The van der Waals surface area contributed by atoms with Crippen molar-refractivity contribution in [2.75, 3.05) is 7.11 Å². The molecule has 0 aliphatic rings. The van der Waals surface area contributed by atoms with Gasteiger partial charge in [0.15, 0.2) is 0 Å². The topological polar surface area (TPSA) is 123 Å². The molecule has 15 heavy (non-hydrogen) atoms. The molecule has 82 valence electrons. The highest BCUT2D eigenvalue weighted by Gasteiger charge is 2.04. The van der Waals surface area contributed by atoms with Crippen LogP contribution in [0.15, 0.2) is 18.3 Å². The number of aromatic hydroxyl groups is 1. The van der Waals surface area contributed by atoms with Gasteiger partial charge >= 0.3 is 12.1 Å². The minimum Gasteiger partial charge on any atom is -0.506 e. The molecular weight excluding hydrogens is 204 g/mol. The van der Waals surface area contributed by atoms with E-state index in [1.54, 1.807) is 0 Å². The predicted molar refractivity (Wildman–Crippen MR) is 49.5 cm³/mol. The number of methoxy groups -OCH3 is 1. The number of carboxylic acid groups (broad SMARTS) is 1. The molecule has 0 fully saturated rings. The highest BCUT2D eigenvalue weighted by molar-refractivity contribution is 5.87. The molecule has 0 aliphatic carbocycles. The van der Waals surface area contributed by atoms with E-state index in [0.29, 0.717) is 0 Å². The van der Waals surface area contributed by atoms with E-state index in [4.69, 9.17) is 15.0 Å². The summed E-state index contributed by atoms with van der Waals surface area (Å²) in [6.07, 6.45) is -0.147. The molecule has 1 rings (SSSR count). The smallest absolute Gasteiger partial charge is 0.402 e. The third-order valence-corrected chi connectivity index (χ3v) is 1.14. The molecule has 1 heterocycles. The van der Waals surface area contributed by atoms with Gasteiger partial charge in [-0.2, -0.15) is 0 Å². The van der Waals surface area contributed by atoms with Crippen molar-refractivity contribution in [2.24, 2.45) is 5.73 Å². The molecule has 0 unspecified atom stereocenters. The standard InChI is InChI=1S/C7H7NO3.CH3NO2/c1-11-7(10)6-3-2-5(9)4-8-6;2-1(3)4/h2-4,9H,1H3;2H2,(H,3,4). The Balaban J connectivity index is 0.000000423. The highest BCUT2D eigenvalue weighted by Crippen LogP contribution is 2.06. The summed E-state index contributed by atoms with van der Waals surface area (Å²) in [5.41, 5.74) is 4.21. The van der Waals surface area contributed by atoms with Crippen LogP contribution in [0.5, 0.6) is 5.75 Å². The number of ether oxygens (including phenoxy) is 1. The molecule has 0 aliphatic heterocycles. The zero-order chi connectivity index (χ0) is 11.8. The molecule has 7 nitrogen and oxygen atoms in total. The van der Waals surface area contributed by atoms with Gasteiger partial charge in [-0.15, -0.1) is 0 Å². The number of nitrogens with zero attached hydrogens (tertiary/aromatic N) is 1. The Morgan fingerprint density at radius 1 is 1.47 bits per heavy atom. The average molecular weight is 214 g/mol. The molecule has 1 aromatic rings. The maximum atomic E-state index is 10.8. The summed E-state index contributed by atoms with van der Waals surface area (Å²) < 4.78 is 4.39. The predicted octanol–water partition coefficient (Wildman–Crippen LogP) is 0.197. The third-order valence-electron chi connectivity index (χ3n) is 1.14. The quantitative estimate of drug-likeness (QED) is 0.573. The van der Waals surface area contributed by atoms with Crippen LogP contribution in [0.2, 0.25) is 0 Å². The van der Waals surface area contributed by atoms with Crippen LogP contribution in [0.25, 0.3) is 0 Å². The largest absolute Gasteiger partial charge is 0.506 e. The van der Waals surface area contributed by atoms with Gasteiger partial charge in [0.1, 0.15) is 11.4 Å². The number of pyridine rings is 1. The number of hydrogen-bond donors (Lipinski definition) is 3. The van der Waals surface area contributed by atoms with Gasteiger partial charge in [-0.1, -0.05) is 0 Å². The number of hydrogen-bond acceptors (Lipinski definition) is 5. The maximum absolute atomic E-state index is 10.8. The van der Waals surface area contributed by atoms with Crippen LogP contribution < -0.4 is 5.73 Å². The van der Waals surface area contributed by atoms with Crippen LogP contribution >= 0.6 is 0 Å². The molecule has 1 amide bonds. The Hall–Kier alpha value is -2.31. The van der Waals surface area contributed by atoms with Gasteiger partial charge in [0, 0.05) is 0 Å². The minimum absolute atomic E-state index is 0.0256. The number of primary amides is 1. The Bertz CT molecular complexity index is 331. The molecule has 0 saturated carbocycles. The summed E-state index contributed by atoms with van der Waals surface area (Å²) in [6, 6.07) is 2.76. The highest BCUT2D eigenvalue weighted by atomic mass is 16.5. The van der Waals surface area contributed by atoms with E-state index < -0.39 is 12.1 Å². The summed E-state index contributed by atoms with van der Waals surface area (Å²) in [4.78, 5) is 23.2. The molecule has 1 aromatic heterocycles. The van der Waals surface area contributed by atoms with Gasteiger partial charge in [-0.25, -0.2) is 14.6 Å². The number of amides is 1. The van der Waals surface area contributed by atoms with Crippen LogP contribution in [0, 0.1) is 0 Å². The van der Waals surface area contributed by atoms with E-state index in [1.807, 2.05) is 0 Å². The molecule has 0 saturated heterocycles. The van der Waals surface area contributed by atoms with Crippen LogP contribution in [-0.4, -0.2) is 34.4 Å². The number of aromatic nitrogens is 1. The molecule has 0 aromatic carbocycles. The zero-order valence-corrected chi connectivity index (χ0v) is 7.88. The summed E-state index contributed by atoms with van der Waals surface area (Å²) >= 11 is 0. The van der Waals surface area contributed by atoms with Crippen molar-refractivity contribution in [1.29, 1.82) is 0 Å². The fraction of sp³-hybridized carbons (Fsp3) is 0.125. The Labute approximate surface area is 85.1 Å². The monoisotopic (exact) mass is 214 g/mol. The van der Waals surface area contributed by atoms with Crippen molar-refractivity contribution in [3.63, 3.8) is 0 Å². The van der Waals surface area contributed by atoms with Gasteiger partial charge in [-0.3, -0.25) is 0 Å². The van der Waals surface area contributed by atoms with E-state index in [0.717, 1.165) is 0 Å². The first-order chi connectivity index (χ1) is 6.97. The third kappa shape index (κ3) is 5.86. The van der Waals surface area contributed by atoms with Gasteiger partial charge < -0.3 is 20.7 Å². The molecule has 0 atom stereocenters. The van der Waals surface area contributed by atoms with Crippen molar-refractivity contribution >= 4 is 12.1 Å². The van der Waals surface area contributed by atoms with E-state index in [1.165, 1.54) is 25.4 Å². The number of rotatable bonds is 1. The fourth-order valence-electron chi connectivity index (χ4n) is 0.611. The van der Waals surface area contributed by atoms with Crippen molar-refractivity contribution < 1.29 is 24.5 Å². The second-order valence-corrected chi connectivity index (χ2v) is 2.23. The molecular formula is C8H10N2O5. The van der Waals surface area contributed by atoms with Gasteiger partial charge in [0.2, 0.25) is 0 Å². The van der Waals surface area contributed by atoms with E-state index in [9.17, 15) is 4.79 Å². The average Bonchev–Trinajstić information content (AvgIpc) is 2.17. The number of nitrogens with two attached hydrogens (primary N) is 1. The minimum atomic E-state index is -1.33. The van der Waals surface area contributed by atoms with Crippen molar-refractivity contribution in [3.05, 3.63) is 24.0 Å². The first-order valence-corrected chi connectivity index (χ1v) is 3.69. The molecule has 0 spiro atoms. The maximum Gasteiger partial charge on any atom is 0.402 e. The van der Waals surface area contributed by atoms with Crippen LogP contribution in [-0.2, 0) is 4.74 Å². The second kappa shape index (κ2) is 6.19. The second-order valence-electron chi connectivity index (χ2n) is 2.23. The molecule has 4 N–H and O–H groups in total. The van der Waals surface area contributed by atoms with E-state index in [2.05, 4.69) is 15.5 Å². The van der Waals surface area contributed by atoms with Crippen LogP contribution in [0.3, 0.4) is 0 Å². The van der Waals surface area contributed by atoms with Gasteiger partial charge in [-0.05, 0) is 12.1 Å². The van der Waals surface area contributed by atoms with Crippen molar-refractivity contribution in [3.8, 4) is 5.75 Å². The van der Waals surface area contributed by atoms with E-state index in [-0.39, 0.29) is 11.4 Å². The van der Waals surface area contributed by atoms with Crippen molar-refractivity contribution in [1.82, 2.24) is 4.98 Å². The van der Waals surface area contributed by atoms with Gasteiger partial charge in [0.05, 0.1) is 13.3 Å². The van der Waals surface area contributed by atoms with Crippen molar-refractivity contribution in [2.45, 2.75) is 0 Å². The lowest BCUT2D eigenvalue weighted by molar-refractivity contribution is 0.0594. The zero-order valence-electron chi connectivity index (χ0n) is 7.88. The Kier molecular flexibility index (Phi) is 5.24.